The van der Waals surface area contributed by atoms with Gasteiger partial charge in [0, 0.05) is 29.8 Å². The van der Waals surface area contributed by atoms with Crippen LogP contribution in [0.5, 0.6) is 11.6 Å². The molecule has 1 unspecified atom stereocenters. The first kappa shape index (κ1) is 32.7. The zero-order chi connectivity index (χ0) is 34.0. The summed E-state index contributed by atoms with van der Waals surface area (Å²) in [6.07, 6.45) is 1.95. The predicted octanol–water partition coefficient (Wildman–Crippen LogP) is 4.49. The van der Waals surface area contributed by atoms with Crippen molar-refractivity contribution in [1.82, 2.24) is 9.88 Å². The zero-order valence-electron chi connectivity index (χ0n) is 26.9. The Labute approximate surface area is 276 Å². The molecule has 4 heterocycles. The Kier molecular flexibility index (Phi) is 8.18. The number of hydrogen-bond acceptors (Lipinski definition) is 9. The van der Waals surface area contributed by atoms with E-state index >= 15 is 4.39 Å². The maximum atomic E-state index is 16.3. The number of benzene rings is 2. The maximum Gasteiger partial charge on any atom is 0.337 e. The summed E-state index contributed by atoms with van der Waals surface area (Å²) in [5.74, 6) is -2.76. The van der Waals surface area contributed by atoms with Crippen LogP contribution in [0.1, 0.15) is 54.6 Å². The molecule has 47 heavy (non-hydrogen) atoms. The van der Waals surface area contributed by atoms with Crippen LogP contribution in [0.15, 0.2) is 48.7 Å². The molecule has 2 aromatic carbocycles. The van der Waals surface area contributed by atoms with Crippen LogP contribution in [-0.2, 0) is 19.7 Å². The van der Waals surface area contributed by atoms with Crippen LogP contribution >= 0.6 is 11.6 Å². The number of esters is 1. The third kappa shape index (κ3) is 4.84. The predicted molar refractivity (Wildman–Crippen MR) is 171 cm³/mol. The Morgan fingerprint density at radius 1 is 1.11 bits per heavy atom. The van der Waals surface area contributed by atoms with Gasteiger partial charge in [-0.2, -0.15) is 0 Å². The SMILES string of the molecule is COC(=O)c1ccc(N2CN3[C@@H](CC(C)(C)C)C4(C(=O)N(CO)c5cc(OC)ncc54)[C@@H](c4cccc(Cl)c4F)[C@@H]3C2=O)c(OC)c1. The van der Waals surface area contributed by atoms with Gasteiger partial charge in [0.05, 0.1) is 56.0 Å². The van der Waals surface area contributed by atoms with Gasteiger partial charge in [0.25, 0.3) is 0 Å². The molecule has 3 aromatic rings. The van der Waals surface area contributed by atoms with Gasteiger partial charge in [-0.05, 0) is 41.7 Å². The molecule has 1 aromatic heterocycles. The minimum absolute atomic E-state index is 0.0317. The lowest BCUT2D eigenvalue weighted by Gasteiger charge is -2.40. The Balaban J connectivity index is 1.61. The van der Waals surface area contributed by atoms with Crippen LogP contribution in [0, 0.1) is 11.2 Å². The van der Waals surface area contributed by atoms with Gasteiger partial charge in [-0.15, -0.1) is 0 Å². The minimum Gasteiger partial charge on any atom is -0.495 e. The highest BCUT2D eigenvalue weighted by molar-refractivity contribution is 6.30. The molecule has 0 aliphatic carbocycles. The van der Waals surface area contributed by atoms with E-state index in [-0.39, 0.29) is 39.9 Å². The third-order valence-electron chi connectivity index (χ3n) is 9.47. The molecule has 4 atom stereocenters. The molecule has 0 saturated carbocycles. The Morgan fingerprint density at radius 3 is 2.49 bits per heavy atom. The quantitative estimate of drug-likeness (QED) is 0.364. The number of fused-ring (bicyclic) bond motifs is 3. The normalized spacial score (nSPS) is 23.8. The van der Waals surface area contributed by atoms with E-state index in [9.17, 15) is 19.5 Å². The second kappa shape index (κ2) is 11.8. The van der Waals surface area contributed by atoms with Crippen molar-refractivity contribution in [3.8, 4) is 11.6 Å². The van der Waals surface area contributed by atoms with E-state index in [2.05, 4.69) is 4.98 Å². The standard InChI is InChI=1S/C34H36ClFN4O7/c1-33(2,3)14-25-34(20-15-37-26(46-5)13-23(20)40(17-41)32(34)44)27(19-8-7-9-21(35)28(19)36)29-30(42)38(16-39(25)29)22-11-10-18(31(43)47-6)12-24(22)45-4/h7-13,15,25,27,29,41H,14,16-17H2,1-6H3/t25-,27-,29+,34?/m0/s1. The van der Waals surface area contributed by atoms with Crippen LogP contribution in [0.25, 0.3) is 0 Å². The number of aliphatic hydroxyl groups excluding tert-OH is 1. The van der Waals surface area contributed by atoms with Crippen LogP contribution < -0.4 is 19.3 Å². The molecule has 13 heteroatoms. The molecule has 0 bridgehead atoms. The van der Waals surface area contributed by atoms with Crippen LogP contribution in [0.3, 0.4) is 0 Å². The van der Waals surface area contributed by atoms with Crippen molar-refractivity contribution in [2.45, 2.75) is 50.6 Å². The largest absolute Gasteiger partial charge is 0.495 e. The second-order valence-electron chi connectivity index (χ2n) is 13.1. The fourth-order valence-electron chi connectivity index (χ4n) is 7.63. The molecule has 248 valence electrons. The summed E-state index contributed by atoms with van der Waals surface area (Å²) in [7, 11) is 4.15. The van der Waals surface area contributed by atoms with E-state index in [1.165, 1.54) is 55.5 Å². The van der Waals surface area contributed by atoms with Crippen LogP contribution in [-0.4, -0.2) is 79.6 Å². The van der Waals surface area contributed by atoms with Gasteiger partial charge < -0.3 is 19.3 Å². The van der Waals surface area contributed by atoms with Crippen molar-refractivity contribution in [1.29, 1.82) is 0 Å². The van der Waals surface area contributed by atoms with E-state index in [0.29, 0.717) is 23.4 Å². The van der Waals surface area contributed by atoms with E-state index < -0.39 is 53.7 Å². The lowest BCUT2D eigenvalue weighted by atomic mass is 9.62. The number of rotatable bonds is 7. The highest BCUT2D eigenvalue weighted by Crippen LogP contribution is 2.63. The number of aromatic nitrogens is 1. The van der Waals surface area contributed by atoms with Gasteiger partial charge >= 0.3 is 5.97 Å². The van der Waals surface area contributed by atoms with E-state index in [1.54, 1.807) is 24.3 Å². The number of ether oxygens (including phenoxy) is 3. The monoisotopic (exact) mass is 666 g/mol. The number of nitrogens with zero attached hydrogens (tertiary/aromatic N) is 4. The molecule has 2 saturated heterocycles. The number of aliphatic hydroxyl groups is 1. The lowest BCUT2D eigenvalue weighted by molar-refractivity contribution is -0.125. The number of halogens is 2. The first-order chi connectivity index (χ1) is 22.3. The van der Waals surface area contributed by atoms with Crippen molar-refractivity contribution in [2.24, 2.45) is 5.41 Å². The van der Waals surface area contributed by atoms with Gasteiger partial charge in [-0.1, -0.05) is 44.5 Å². The van der Waals surface area contributed by atoms with Crippen molar-refractivity contribution in [3.63, 3.8) is 0 Å². The van der Waals surface area contributed by atoms with Gasteiger partial charge in [-0.25, -0.2) is 14.2 Å². The average Bonchev–Trinajstić information content (AvgIpc) is 3.61. The molecule has 3 aliphatic rings. The van der Waals surface area contributed by atoms with E-state index in [1.807, 2.05) is 25.7 Å². The number of carbonyl (C=O) groups is 3. The summed E-state index contributed by atoms with van der Waals surface area (Å²) in [5, 5.41) is 10.4. The van der Waals surface area contributed by atoms with Crippen LogP contribution in [0.2, 0.25) is 5.02 Å². The van der Waals surface area contributed by atoms with Gasteiger partial charge in [0.1, 0.15) is 23.7 Å². The Bertz CT molecular complexity index is 1780. The lowest BCUT2D eigenvalue weighted by Crippen LogP contribution is -2.54. The smallest absolute Gasteiger partial charge is 0.337 e. The number of anilines is 2. The van der Waals surface area contributed by atoms with E-state index in [4.69, 9.17) is 25.8 Å². The Hall–Kier alpha value is -4.26. The summed E-state index contributed by atoms with van der Waals surface area (Å²) >= 11 is 6.36. The summed E-state index contributed by atoms with van der Waals surface area (Å²) in [6.45, 7) is 5.48. The van der Waals surface area contributed by atoms with Crippen molar-refractivity contribution >= 4 is 40.8 Å². The summed E-state index contributed by atoms with van der Waals surface area (Å²) in [6, 6.07) is 9.08. The van der Waals surface area contributed by atoms with Crippen LogP contribution in [0.4, 0.5) is 15.8 Å². The molecule has 11 nitrogen and oxygen atoms in total. The molecule has 2 fully saturated rings. The number of hydrogen-bond donors (Lipinski definition) is 1. The van der Waals surface area contributed by atoms with Crippen molar-refractivity contribution in [2.75, 3.05) is 44.5 Å². The van der Waals surface area contributed by atoms with Crippen molar-refractivity contribution < 1.29 is 38.1 Å². The fourth-order valence-corrected chi connectivity index (χ4v) is 7.81. The summed E-state index contributed by atoms with van der Waals surface area (Å²) in [5.41, 5.74) is -0.332. The van der Waals surface area contributed by atoms with Crippen molar-refractivity contribution in [3.05, 3.63) is 76.2 Å². The Morgan fingerprint density at radius 2 is 1.85 bits per heavy atom. The zero-order valence-corrected chi connectivity index (χ0v) is 27.7. The highest BCUT2D eigenvalue weighted by atomic mass is 35.5. The fraction of sp³-hybridized carbons (Fsp3) is 0.412. The first-order valence-corrected chi connectivity index (χ1v) is 15.5. The molecule has 2 amide bonds. The number of amides is 2. The number of carbonyl (C=O) groups excluding carboxylic acids is 3. The van der Waals surface area contributed by atoms with Gasteiger partial charge in [0.2, 0.25) is 17.7 Å². The number of methoxy groups -OCH3 is 3. The molecule has 1 N–H and O–H groups in total. The minimum atomic E-state index is -1.54. The second-order valence-corrected chi connectivity index (χ2v) is 13.5. The third-order valence-corrected chi connectivity index (χ3v) is 9.76. The maximum absolute atomic E-state index is 16.3. The molecule has 1 spiro atoms. The topological polar surface area (TPSA) is 122 Å². The average molecular weight is 667 g/mol. The van der Waals surface area contributed by atoms with Gasteiger partial charge in [-0.3, -0.25) is 24.3 Å². The molecule has 0 radical (unpaired) electrons. The van der Waals surface area contributed by atoms with E-state index in [0.717, 1.165) is 0 Å². The first-order valence-electron chi connectivity index (χ1n) is 15.1. The number of pyridine rings is 1. The highest BCUT2D eigenvalue weighted by Gasteiger charge is 2.73. The van der Waals surface area contributed by atoms with Gasteiger partial charge in [0.15, 0.2) is 0 Å². The molecule has 6 rings (SSSR count). The molecular formula is C34H36ClFN4O7. The summed E-state index contributed by atoms with van der Waals surface area (Å²) in [4.78, 5) is 51.2. The summed E-state index contributed by atoms with van der Waals surface area (Å²) < 4.78 is 32.1. The molecule has 3 aliphatic heterocycles. The molecular weight excluding hydrogens is 631 g/mol.